The molecular weight excluding hydrogens is 1330 g/mol. The normalized spacial score (nSPS) is 12.0. The van der Waals surface area contributed by atoms with Gasteiger partial charge in [0, 0.05) is 47.9 Å². The fraction of sp³-hybridized carbons (Fsp3) is 0.286. The van der Waals surface area contributed by atoms with E-state index in [1.54, 1.807) is 43.0 Å². The molecule has 1 amide bonds. The number of nitrogens with one attached hydrogen (secondary N) is 5. The van der Waals surface area contributed by atoms with E-state index in [4.69, 9.17) is 61.5 Å². The Kier molecular flexibility index (Phi) is 26.8. The summed E-state index contributed by atoms with van der Waals surface area (Å²) in [6, 6.07) is 16.5. The molecule has 0 spiro atoms. The minimum atomic E-state index is -1.05. The van der Waals surface area contributed by atoms with Gasteiger partial charge in [-0.15, -0.1) is 49.3 Å². The van der Waals surface area contributed by atoms with Crippen molar-refractivity contribution >= 4 is 165 Å². The van der Waals surface area contributed by atoms with Crippen molar-refractivity contribution in [3.63, 3.8) is 0 Å². The van der Waals surface area contributed by atoms with E-state index in [-0.39, 0.29) is 56.4 Å². The summed E-state index contributed by atoms with van der Waals surface area (Å²) < 4.78 is 7.50. The number of hydrogen-bond donors (Lipinski definition) is 8. The first kappa shape index (κ1) is 75.9. The maximum absolute atomic E-state index is 12.3. The zero-order valence-electron chi connectivity index (χ0n) is 51.6. The Balaban J connectivity index is 0.000000212. The zero-order valence-corrected chi connectivity index (χ0v) is 56.3. The van der Waals surface area contributed by atoms with Gasteiger partial charge in [0.2, 0.25) is 0 Å². The summed E-state index contributed by atoms with van der Waals surface area (Å²) >= 11 is 23.1. The molecule has 32 heteroatoms. The van der Waals surface area contributed by atoms with Crippen LogP contribution in [-0.2, 0) is 24.4 Å². The van der Waals surface area contributed by atoms with Crippen molar-refractivity contribution in [2.75, 3.05) is 23.1 Å². The number of rotatable bonds is 13. The molecule has 2 saturated carbocycles. The summed E-state index contributed by atoms with van der Waals surface area (Å²) in [4.78, 5) is 64.0. The standard InChI is InChI=1S/C21H19ClN6OS.C19H16ClN5O2S.C18H14ClN5O2S.C3H7N.2CH4.Li.H2NO.H3N/c1-10-11(2)27-28-21-16(10)17-18(30-21)19(25-9-24-17)23-8-12-3-6-14(15(22)7-12)20(29)26-13-4-5-13;1-9-10(2)24-25-18-14(9)15-16(28-18)17(23-8-22-15)21-7-11-4-5-12(13(20)6-11)19(26)27-3;1-8-9(2)23-24-17-13(8)14-15(27-17)16(22-7-21-14)20-6-10-3-4-11(18(25)26)12(19)5-10;4-3-1-2-3;;;;1-2;/h3,6-7,9,13H,4-5,8H2,1-2H3,(H,26,29)(H,23,24,25);4-6,8H,7H2,1-3H3,(H,21,22,23);3-5,7H,6H2,1-2H3,(H,25,26)(H,20,21,22);3H,1-2,4H2;2*1H4;;1-2H;1H3/q;;;;;;+1;-1;. The van der Waals surface area contributed by atoms with Gasteiger partial charge in [-0.25, -0.2) is 39.5 Å². The molecule has 12 aromatic rings. The molecule has 2 aliphatic rings. The van der Waals surface area contributed by atoms with Gasteiger partial charge in [-0.2, -0.15) is 15.3 Å². The van der Waals surface area contributed by atoms with Gasteiger partial charge >= 0.3 is 30.8 Å². The molecule has 95 heavy (non-hydrogen) atoms. The van der Waals surface area contributed by atoms with E-state index in [0.717, 1.165) is 136 Å². The van der Waals surface area contributed by atoms with Gasteiger partial charge in [-0.05, 0) is 137 Å². The summed E-state index contributed by atoms with van der Waals surface area (Å²) in [6.07, 6.45) is 9.23. The fourth-order valence-electron chi connectivity index (χ4n) is 9.21. The summed E-state index contributed by atoms with van der Waals surface area (Å²) in [5, 5.41) is 57.8. The van der Waals surface area contributed by atoms with Gasteiger partial charge in [-0.1, -0.05) is 67.9 Å². The third kappa shape index (κ3) is 17.3. The van der Waals surface area contributed by atoms with Crippen molar-refractivity contribution in [3.8, 4) is 0 Å². The van der Waals surface area contributed by atoms with Crippen LogP contribution in [0, 0.1) is 41.5 Å². The number of carboxylic acids is 1. The van der Waals surface area contributed by atoms with Gasteiger partial charge in [0.05, 0.1) is 86.6 Å². The Morgan fingerprint density at radius 2 is 0.874 bits per heavy atom. The summed E-state index contributed by atoms with van der Waals surface area (Å²) in [5.41, 5.74) is 17.4. The number of nitrogens with zero attached hydrogens (tertiary/aromatic N) is 12. The molecule has 12 N–H and O–H groups in total. The van der Waals surface area contributed by atoms with Gasteiger partial charge in [0.15, 0.2) is 0 Å². The van der Waals surface area contributed by atoms with Crippen LogP contribution in [0.5, 0.6) is 0 Å². The van der Waals surface area contributed by atoms with E-state index >= 15 is 0 Å². The molecule has 0 bridgehead atoms. The van der Waals surface area contributed by atoms with Crippen LogP contribution >= 0.6 is 68.8 Å². The molecule has 9 aromatic heterocycles. The number of carbonyl (C=O) groups is 3. The van der Waals surface area contributed by atoms with Gasteiger partial charge in [0.1, 0.15) is 50.9 Å². The quantitative estimate of drug-likeness (QED) is 0.0302. The van der Waals surface area contributed by atoms with Crippen LogP contribution in [0.4, 0.5) is 17.5 Å². The monoisotopic (exact) mass is 1400 g/mol. The Hall–Kier alpha value is -8.08. The van der Waals surface area contributed by atoms with E-state index in [9.17, 15) is 14.4 Å². The number of fused-ring (bicyclic) bond motifs is 9. The predicted octanol–water partition coefficient (Wildman–Crippen LogP) is 11.9. The molecular formula is C63H69Cl3LiN19O6S3. The summed E-state index contributed by atoms with van der Waals surface area (Å²) in [5.74, 6) is 5.29. The van der Waals surface area contributed by atoms with Crippen molar-refractivity contribution in [1.82, 2.24) is 72.0 Å². The van der Waals surface area contributed by atoms with E-state index in [1.807, 2.05) is 59.7 Å². The maximum atomic E-state index is 12.3. The number of carboxylic acid groups (broad SMARTS) is 1. The smallest absolute Gasteiger partial charge is 0.553 e. The van der Waals surface area contributed by atoms with Gasteiger partial charge < -0.3 is 54.1 Å². The first-order valence-corrected chi connectivity index (χ1v) is 31.7. The number of amides is 1. The van der Waals surface area contributed by atoms with E-state index in [2.05, 4.69) is 81.8 Å². The molecule has 0 atom stereocenters. The number of thiophene rings is 3. The van der Waals surface area contributed by atoms with E-state index in [0.29, 0.717) is 58.7 Å². The van der Waals surface area contributed by atoms with Crippen LogP contribution in [0.2, 0.25) is 15.1 Å². The van der Waals surface area contributed by atoms with Crippen LogP contribution in [-0.4, -0.2) is 108 Å². The van der Waals surface area contributed by atoms with Crippen LogP contribution in [0.25, 0.3) is 67.2 Å². The fourth-order valence-corrected chi connectivity index (χ4v) is 13.4. The Bertz CT molecular complexity index is 4770. The van der Waals surface area contributed by atoms with Crippen molar-refractivity contribution < 1.29 is 48.3 Å². The molecule has 0 aliphatic heterocycles. The number of aromatic nitrogens is 12. The number of aryl methyl sites for hydroxylation is 6. The number of ether oxygens (including phenoxy) is 1. The number of aromatic carboxylic acids is 1. The third-order valence-electron chi connectivity index (χ3n) is 14.9. The Morgan fingerprint density at radius 1 is 0.547 bits per heavy atom. The molecule has 14 rings (SSSR count). The molecule has 0 radical (unpaired) electrons. The largest absolute Gasteiger partial charge is 1.00 e. The number of carbonyl (C=O) groups excluding carboxylic acids is 2. The maximum Gasteiger partial charge on any atom is 1.00 e. The predicted molar refractivity (Wildman–Crippen MR) is 377 cm³/mol. The number of methoxy groups -OCH3 is 1. The number of benzene rings is 3. The zero-order chi connectivity index (χ0) is 64.8. The topological polar surface area (TPSA) is 389 Å². The molecule has 3 aromatic carbocycles. The number of hydrogen-bond acceptors (Lipinski definition) is 25. The Labute approximate surface area is 585 Å². The number of esters is 1. The van der Waals surface area contributed by atoms with Crippen molar-refractivity contribution in [1.29, 1.82) is 0 Å². The molecule has 0 saturated heterocycles. The van der Waals surface area contributed by atoms with Crippen molar-refractivity contribution in [2.45, 2.75) is 114 Å². The molecule has 2 fully saturated rings. The molecule has 0 unspecified atom stereocenters. The minimum absolute atomic E-state index is 0. The second-order valence-corrected chi connectivity index (χ2v) is 25.4. The Morgan fingerprint density at radius 3 is 1.17 bits per heavy atom. The second-order valence-electron chi connectivity index (χ2n) is 21.2. The first-order chi connectivity index (χ1) is 43.8. The average Bonchev–Trinajstić information content (AvgIpc) is 1.63. The minimum Gasteiger partial charge on any atom is -0.553 e. The average molecular weight is 1400 g/mol. The van der Waals surface area contributed by atoms with E-state index < -0.39 is 11.9 Å². The molecule has 9 heterocycles. The van der Waals surface area contributed by atoms with Crippen LogP contribution in [0.15, 0.2) is 73.6 Å². The number of anilines is 3. The van der Waals surface area contributed by atoms with Crippen molar-refractivity contribution in [3.05, 3.63) is 162 Å². The van der Waals surface area contributed by atoms with Crippen molar-refractivity contribution in [2.24, 2.45) is 5.73 Å². The van der Waals surface area contributed by atoms with Crippen LogP contribution in [0.3, 0.4) is 0 Å². The van der Waals surface area contributed by atoms with Gasteiger partial charge in [-0.3, -0.25) is 4.79 Å². The summed E-state index contributed by atoms with van der Waals surface area (Å²) in [6.45, 7) is 13.4. The second kappa shape index (κ2) is 33.5. The van der Waals surface area contributed by atoms with Crippen LogP contribution in [0.1, 0.15) is 122 Å². The third-order valence-corrected chi connectivity index (χ3v) is 19.0. The van der Waals surface area contributed by atoms with Crippen LogP contribution < -0.4 is 52.0 Å². The molecule has 25 nitrogen and oxygen atoms in total. The molecule has 492 valence electrons. The van der Waals surface area contributed by atoms with Gasteiger partial charge in [0.25, 0.3) is 5.91 Å². The van der Waals surface area contributed by atoms with E-state index in [1.165, 1.54) is 66.4 Å². The molecule has 2 aliphatic carbocycles. The number of halogens is 3. The summed E-state index contributed by atoms with van der Waals surface area (Å²) in [7, 11) is 1.33. The SMILES string of the molecule is C.C.COC(=O)c1ccc(CNc2ncnc3c2sc2nnc(C)c(C)c23)cc1Cl.Cc1nnc2sc3c(NCc4ccc(C(=O)NC5CC5)c(Cl)c4)ncnc3c2c1C.Cc1nnc2sc3c(NCc4ccc(C(=O)O)c(Cl)c4)ncnc3c2c1C.N.NC1CC1.[Li+].[NH-]O. The first-order valence-electron chi connectivity index (χ1n) is 28.1. The number of nitrogens with two attached hydrogens (primary N) is 1.